The number of rotatable bonds is 12. The zero-order valence-corrected chi connectivity index (χ0v) is 21.1. The van der Waals surface area contributed by atoms with Crippen molar-refractivity contribution in [3.8, 4) is 11.5 Å². The summed E-state index contributed by atoms with van der Waals surface area (Å²) in [6.07, 6.45) is 1.98. The van der Waals surface area contributed by atoms with E-state index in [1.165, 1.54) is 25.3 Å². The number of fused-ring (bicyclic) bond motifs is 1. The highest BCUT2D eigenvalue weighted by Gasteiger charge is 2.30. The molecule has 1 aliphatic carbocycles. The highest BCUT2D eigenvalue weighted by molar-refractivity contribution is 5.87. The van der Waals surface area contributed by atoms with E-state index in [0.717, 1.165) is 18.6 Å². The molecule has 0 radical (unpaired) electrons. The van der Waals surface area contributed by atoms with Crippen LogP contribution in [0.4, 0.5) is 0 Å². The molecule has 2 atom stereocenters. The van der Waals surface area contributed by atoms with Gasteiger partial charge in [0.25, 0.3) is 0 Å². The summed E-state index contributed by atoms with van der Waals surface area (Å²) in [7, 11) is 4.55. The minimum atomic E-state index is -0.556. The minimum Gasteiger partial charge on any atom is -0.497 e. The largest absolute Gasteiger partial charge is 0.497 e. The number of esters is 1. The molecule has 0 aliphatic heterocycles. The lowest BCUT2D eigenvalue weighted by Crippen LogP contribution is -2.31. The maximum absolute atomic E-state index is 12.3. The standard InChI is InChI=1S/C25H32N6O5/c1-5-36-12-11-31-24(28-29-30-31)23(19-13-18(33-2)14-20(27-19)25(32)35-4)26-15-17-10-9-16-7-6-8-21(34-3)22(16)17/h6-8,13-14,17,23,26H,5,9-12,15H2,1-4H3. The minimum absolute atomic E-state index is 0.139. The van der Waals surface area contributed by atoms with Gasteiger partial charge in [-0.1, -0.05) is 12.1 Å². The Morgan fingerprint density at radius 2 is 2.08 bits per heavy atom. The van der Waals surface area contributed by atoms with Crippen molar-refractivity contribution in [2.24, 2.45) is 0 Å². The van der Waals surface area contributed by atoms with Crippen LogP contribution in [-0.2, 0) is 22.4 Å². The Labute approximate surface area is 210 Å². The molecule has 192 valence electrons. The first kappa shape index (κ1) is 25.5. The highest BCUT2D eigenvalue weighted by Crippen LogP contribution is 2.39. The van der Waals surface area contributed by atoms with Gasteiger partial charge < -0.3 is 24.3 Å². The zero-order chi connectivity index (χ0) is 25.5. The molecule has 11 nitrogen and oxygen atoms in total. The molecule has 11 heteroatoms. The maximum Gasteiger partial charge on any atom is 0.356 e. The molecular weight excluding hydrogens is 464 g/mol. The van der Waals surface area contributed by atoms with Crippen molar-refractivity contribution in [1.29, 1.82) is 0 Å². The van der Waals surface area contributed by atoms with Gasteiger partial charge in [-0.2, -0.15) is 0 Å². The number of aromatic nitrogens is 5. The predicted molar refractivity (Wildman–Crippen MR) is 130 cm³/mol. The van der Waals surface area contributed by atoms with Gasteiger partial charge >= 0.3 is 5.97 Å². The molecule has 2 aromatic heterocycles. The predicted octanol–water partition coefficient (Wildman–Crippen LogP) is 2.32. The van der Waals surface area contributed by atoms with E-state index in [1.807, 2.05) is 19.1 Å². The number of hydrogen-bond acceptors (Lipinski definition) is 10. The fraction of sp³-hybridized carbons (Fsp3) is 0.480. The number of nitrogens with zero attached hydrogens (tertiary/aromatic N) is 5. The molecule has 1 aromatic carbocycles. The summed E-state index contributed by atoms with van der Waals surface area (Å²) in [5.74, 6) is 1.61. The molecule has 4 rings (SSSR count). The summed E-state index contributed by atoms with van der Waals surface area (Å²) in [4.78, 5) is 16.9. The van der Waals surface area contributed by atoms with E-state index < -0.39 is 12.0 Å². The van der Waals surface area contributed by atoms with Crippen LogP contribution in [0, 0.1) is 0 Å². The van der Waals surface area contributed by atoms with Crippen LogP contribution < -0.4 is 14.8 Å². The number of carbonyl (C=O) groups excluding carboxylic acids is 1. The van der Waals surface area contributed by atoms with Crippen LogP contribution >= 0.6 is 0 Å². The van der Waals surface area contributed by atoms with Crippen molar-refractivity contribution < 1.29 is 23.7 Å². The molecule has 1 N–H and O–H groups in total. The molecule has 0 bridgehead atoms. The number of tetrazole rings is 1. The third-order valence-corrected chi connectivity index (χ3v) is 6.33. The number of hydrogen-bond donors (Lipinski definition) is 1. The number of nitrogens with one attached hydrogen (secondary N) is 1. The van der Waals surface area contributed by atoms with Crippen LogP contribution in [0.25, 0.3) is 0 Å². The molecule has 0 spiro atoms. The van der Waals surface area contributed by atoms with Gasteiger partial charge in [0.1, 0.15) is 17.5 Å². The lowest BCUT2D eigenvalue weighted by molar-refractivity contribution is 0.0593. The maximum atomic E-state index is 12.3. The Morgan fingerprint density at radius 1 is 1.22 bits per heavy atom. The quantitative estimate of drug-likeness (QED) is 0.295. The van der Waals surface area contributed by atoms with Crippen LogP contribution in [0.15, 0.2) is 30.3 Å². The first-order chi connectivity index (χ1) is 17.6. The van der Waals surface area contributed by atoms with Crippen LogP contribution in [0.1, 0.15) is 58.4 Å². The normalized spacial score (nSPS) is 15.4. The summed E-state index contributed by atoms with van der Waals surface area (Å²) in [5, 5.41) is 16.0. The first-order valence-electron chi connectivity index (χ1n) is 12.0. The second kappa shape index (κ2) is 11.9. The fourth-order valence-electron chi connectivity index (χ4n) is 4.59. The average molecular weight is 497 g/mol. The summed E-state index contributed by atoms with van der Waals surface area (Å²) in [5.41, 5.74) is 3.20. The van der Waals surface area contributed by atoms with Gasteiger partial charge in [0, 0.05) is 36.8 Å². The van der Waals surface area contributed by atoms with Crippen molar-refractivity contribution in [2.75, 3.05) is 41.1 Å². The van der Waals surface area contributed by atoms with Gasteiger partial charge in [0.05, 0.1) is 40.2 Å². The first-order valence-corrected chi connectivity index (χ1v) is 12.0. The van der Waals surface area contributed by atoms with Crippen molar-refractivity contribution in [1.82, 2.24) is 30.5 Å². The topological polar surface area (TPSA) is 123 Å². The number of carbonyl (C=O) groups is 1. The van der Waals surface area contributed by atoms with Crippen molar-refractivity contribution in [3.63, 3.8) is 0 Å². The summed E-state index contributed by atoms with van der Waals surface area (Å²) in [6, 6.07) is 8.97. The van der Waals surface area contributed by atoms with Gasteiger partial charge in [0.15, 0.2) is 11.5 Å². The van der Waals surface area contributed by atoms with Gasteiger partial charge in [-0.25, -0.2) is 14.5 Å². The highest BCUT2D eigenvalue weighted by atomic mass is 16.5. The summed E-state index contributed by atoms with van der Waals surface area (Å²) < 4.78 is 23.2. The lowest BCUT2D eigenvalue weighted by Gasteiger charge is -2.22. The Hall–Kier alpha value is -3.57. The number of aryl methyl sites for hydroxylation is 1. The van der Waals surface area contributed by atoms with Crippen LogP contribution in [0.2, 0.25) is 0 Å². The molecule has 0 saturated carbocycles. The second-order valence-electron chi connectivity index (χ2n) is 8.38. The van der Waals surface area contributed by atoms with Crippen LogP contribution in [0.3, 0.4) is 0 Å². The van der Waals surface area contributed by atoms with Crippen LogP contribution in [0.5, 0.6) is 11.5 Å². The molecule has 0 saturated heterocycles. The Kier molecular flexibility index (Phi) is 8.44. The van der Waals surface area contributed by atoms with E-state index in [2.05, 4.69) is 31.9 Å². The molecule has 0 fully saturated rings. The third-order valence-electron chi connectivity index (χ3n) is 6.33. The molecule has 2 unspecified atom stereocenters. The van der Waals surface area contributed by atoms with Gasteiger partial charge in [-0.05, 0) is 41.8 Å². The zero-order valence-electron chi connectivity index (χ0n) is 21.1. The van der Waals surface area contributed by atoms with Gasteiger partial charge in [-0.3, -0.25) is 0 Å². The third kappa shape index (κ3) is 5.47. The van der Waals surface area contributed by atoms with Gasteiger partial charge in [-0.15, -0.1) is 5.10 Å². The van der Waals surface area contributed by atoms with Crippen molar-refractivity contribution in [3.05, 3.63) is 58.7 Å². The average Bonchev–Trinajstić information content (AvgIpc) is 3.55. The second-order valence-corrected chi connectivity index (χ2v) is 8.38. The number of pyridine rings is 1. The molecule has 3 aromatic rings. The van der Waals surface area contributed by atoms with Gasteiger partial charge in [0.2, 0.25) is 0 Å². The van der Waals surface area contributed by atoms with E-state index in [-0.39, 0.29) is 11.6 Å². The van der Waals surface area contributed by atoms with E-state index >= 15 is 0 Å². The SMILES string of the molecule is CCOCCn1nnnc1C(NCC1CCc2cccc(OC)c21)c1cc(OC)cc(C(=O)OC)n1. The molecule has 2 heterocycles. The van der Waals surface area contributed by atoms with Crippen LogP contribution in [-0.4, -0.2) is 72.2 Å². The lowest BCUT2D eigenvalue weighted by atomic mass is 9.99. The molecule has 36 heavy (non-hydrogen) atoms. The fourth-order valence-corrected chi connectivity index (χ4v) is 4.59. The monoisotopic (exact) mass is 496 g/mol. The number of benzene rings is 1. The van der Waals surface area contributed by atoms with Crippen molar-refractivity contribution in [2.45, 2.75) is 38.3 Å². The Morgan fingerprint density at radius 3 is 2.83 bits per heavy atom. The Bertz CT molecular complexity index is 1180. The molecular formula is C25H32N6O5. The Balaban J connectivity index is 1.69. The smallest absolute Gasteiger partial charge is 0.356 e. The van der Waals surface area contributed by atoms with Crippen molar-refractivity contribution >= 4 is 5.97 Å². The molecule has 1 aliphatic rings. The number of ether oxygens (including phenoxy) is 4. The van der Waals surface area contributed by atoms with E-state index in [1.54, 1.807) is 23.9 Å². The van der Waals surface area contributed by atoms with E-state index in [9.17, 15) is 4.79 Å². The summed E-state index contributed by atoms with van der Waals surface area (Å²) >= 11 is 0. The number of methoxy groups -OCH3 is 3. The van der Waals surface area contributed by atoms with E-state index in [4.69, 9.17) is 18.9 Å². The molecule has 0 amide bonds. The van der Waals surface area contributed by atoms with E-state index in [0.29, 0.717) is 43.6 Å². The summed E-state index contributed by atoms with van der Waals surface area (Å²) in [6.45, 7) is 4.10.